The summed E-state index contributed by atoms with van der Waals surface area (Å²) in [5, 5.41) is 17.1. The first-order valence-electron chi connectivity index (χ1n) is 18.8. The lowest BCUT2D eigenvalue weighted by molar-refractivity contribution is -0.137. The molecule has 10 nitrogen and oxygen atoms in total. The molecular weight excluding hydrogens is 668 g/mol. The van der Waals surface area contributed by atoms with Crippen LogP contribution in [0.15, 0.2) is 118 Å². The van der Waals surface area contributed by atoms with Gasteiger partial charge in [0.1, 0.15) is 23.0 Å². The zero-order valence-electron chi connectivity index (χ0n) is 31.2. The van der Waals surface area contributed by atoms with Gasteiger partial charge in [-0.1, -0.05) is 59.3 Å². The molecule has 0 heterocycles. The summed E-state index contributed by atoms with van der Waals surface area (Å²) in [6, 6.07) is 28.7. The summed E-state index contributed by atoms with van der Waals surface area (Å²) >= 11 is 0. The zero-order chi connectivity index (χ0) is 37.5. The van der Waals surface area contributed by atoms with E-state index in [4.69, 9.17) is 18.9 Å². The molecule has 0 aliphatic rings. The molecule has 0 amide bonds. The average molecular weight is 721 g/mol. The normalized spacial score (nSPS) is 11.8. The number of hydrogen-bond acceptors (Lipinski definition) is 10. The highest BCUT2D eigenvalue weighted by molar-refractivity contribution is 5.74. The summed E-state index contributed by atoms with van der Waals surface area (Å²) in [6.45, 7) is 7.71. The number of rotatable bonds is 23. The van der Waals surface area contributed by atoms with Gasteiger partial charge in [-0.15, -0.1) is 0 Å². The Balaban J connectivity index is 1.11. The number of esters is 2. The third-order valence-corrected chi connectivity index (χ3v) is 8.26. The van der Waals surface area contributed by atoms with Crippen LogP contribution in [0, 0.1) is 5.92 Å². The molecule has 0 aliphatic carbocycles. The minimum Gasteiger partial charge on any atom is -0.494 e. The highest BCUT2D eigenvalue weighted by Crippen LogP contribution is 2.26. The van der Waals surface area contributed by atoms with Gasteiger partial charge in [-0.05, 0) is 122 Å². The van der Waals surface area contributed by atoms with Crippen molar-refractivity contribution in [1.29, 1.82) is 0 Å². The summed E-state index contributed by atoms with van der Waals surface area (Å²) < 4.78 is 22.5. The van der Waals surface area contributed by atoms with Gasteiger partial charge in [0.15, 0.2) is 0 Å². The first kappa shape index (κ1) is 40.4. The summed E-state index contributed by atoms with van der Waals surface area (Å²) in [5.41, 5.74) is 2.69. The Morgan fingerprint density at radius 2 is 0.849 bits per heavy atom. The van der Waals surface area contributed by atoms with Crippen molar-refractivity contribution in [2.75, 3.05) is 13.2 Å². The van der Waals surface area contributed by atoms with Crippen molar-refractivity contribution in [3.8, 4) is 23.0 Å². The maximum absolute atomic E-state index is 12.5. The fourth-order valence-electron chi connectivity index (χ4n) is 5.15. The van der Waals surface area contributed by atoms with Crippen LogP contribution in [0.4, 0.5) is 22.7 Å². The van der Waals surface area contributed by atoms with Crippen LogP contribution in [0.25, 0.3) is 0 Å². The predicted octanol–water partition coefficient (Wildman–Crippen LogP) is 12.8. The first-order valence-corrected chi connectivity index (χ1v) is 18.8. The molecule has 1 atom stereocenters. The second kappa shape index (κ2) is 23.2. The number of benzene rings is 4. The maximum atomic E-state index is 12.5. The Bertz CT molecular complexity index is 1710. The molecule has 4 rings (SSSR count). The molecule has 280 valence electrons. The van der Waals surface area contributed by atoms with Gasteiger partial charge in [0.25, 0.3) is 0 Å². The van der Waals surface area contributed by atoms with E-state index in [1.165, 1.54) is 38.5 Å². The van der Waals surface area contributed by atoms with E-state index in [2.05, 4.69) is 34.3 Å². The largest absolute Gasteiger partial charge is 0.494 e. The predicted molar refractivity (Wildman–Crippen MR) is 208 cm³/mol. The minimum atomic E-state index is -0.376. The standard InChI is InChI=1S/C43H52N4O6/c1-4-6-8-10-30-50-38-21-13-34(14-22-38)44-46-36-17-25-40(26-18-36)52-42(48)29-12-33(3)32-43(49)53-41-27-19-37(20-28-41)47-45-35-15-23-39(24-16-35)51-31-11-9-7-5-2/h13-28,33H,4-12,29-32H2,1-3H3/t33-/m1/s1. The van der Waals surface area contributed by atoms with Crippen LogP contribution in [-0.4, -0.2) is 25.2 Å². The fourth-order valence-corrected chi connectivity index (χ4v) is 5.15. The molecule has 0 saturated carbocycles. The van der Waals surface area contributed by atoms with E-state index >= 15 is 0 Å². The summed E-state index contributed by atoms with van der Waals surface area (Å²) in [7, 11) is 0. The summed E-state index contributed by atoms with van der Waals surface area (Å²) in [4.78, 5) is 25.0. The molecule has 0 bridgehead atoms. The highest BCUT2D eigenvalue weighted by atomic mass is 16.5. The SMILES string of the molecule is CCCCCCOc1ccc(N=Nc2ccc(OC(=O)CC[C@@H](C)CC(=O)Oc3ccc(N=Nc4ccc(OCCCCCC)cc4)cc3)cc2)cc1. The van der Waals surface area contributed by atoms with E-state index in [9.17, 15) is 9.59 Å². The van der Waals surface area contributed by atoms with Crippen molar-refractivity contribution >= 4 is 34.7 Å². The molecule has 0 saturated heterocycles. The molecule has 0 aromatic heterocycles. The lowest BCUT2D eigenvalue weighted by Crippen LogP contribution is -2.15. The Hall–Kier alpha value is -5.38. The van der Waals surface area contributed by atoms with Crippen LogP contribution >= 0.6 is 0 Å². The number of unbranched alkanes of at least 4 members (excludes halogenated alkanes) is 6. The molecule has 10 heteroatoms. The van der Waals surface area contributed by atoms with Gasteiger partial charge < -0.3 is 18.9 Å². The number of hydrogen-bond donors (Lipinski definition) is 0. The van der Waals surface area contributed by atoms with E-state index in [1.807, 2.05) is 55.5 Å². The Labute approximate surface area is 313 Å². The molecule has 0 N–H and O–H groups in total. The number of nitrogens with zero attached hydrogens (tertiary/aromatic N) is 4. The molecule has 53 heavy (non-hydrogen) atoms. The second-order valence-electron chi connectivity index (χ2n) is 13.0. The Kier molecular flexibility index (Phi) is 17.7. The van der Waals surface area contributed by atoms with Crippen molar-refractivity contribution in [2.24, 2.45) is 26.4 Å². The molecule has 0 unspecified atom stereocenters. The maximum Gasteiger partial charge on any atom is 0.311 e. The van der Waals surface area contributed by atoms with Crippen molar-refractivity contribution < 1.29 is 28.5 Å². The third kappa shape index (κ3) is 16.2. The number of carbonyl (C=O) groups excluding carboxylic acids is 2. The molecule has 0 spiro atoms. The van der Waals surface area contributed by atoms with Gasteiger partial charge in [0, 0.05) is 12.8 Å². The van der Waals surface area contributed by atoms with Crippen LogP contribution < -0.4 is 18.9 Å². The lowest BCUT2D eigenvalue weighted by Gasteiger charge is -2.11. The van der Waals surface area contributed by atoms with Gasteiger partial charge >= 0.3 is 11.9 Å². The Morgan fingerprint density at radius 1 is 0.491 bits per heavy atom. The molecule has 0 aliphatic heterocycles. The van der Waals surface area contributed by atoms with Crippen molar-refractivity contribution in [2.45, 2.75) is 91.4 Å². The van der Waals surface area contributed by atoms with E-state index in [0.29, 0.717) is 53.9 Å². The number of ether oxygens (including phenoxy) is 4. The van der Waals surface area contributed by atoms with Gasteiger partial charge in [-0.2, -0.15) is 20.5 Å². The summed E-state index contributed by atoms with van der Waals surface area (Å²) in [5.74, 6) is 1.65. The monoisotopic (exact) mass is 720 g/mol. The molecule has 0 radical (unpaired) electrons. The van der Waals surface area contributed by atoms with Gasteiger partial charge in [-0.25, -0.2) is 0 Å². The van der Waals surface area contributed by atoms with Crippen molar-refractivity contribution in [3.63, 3.8) is 0 Å². The van der Waals surface area contributed by atoms with E-state index in [-0.39, 0.29) is 30.7 Å². The van der Waals surface area contributed by atoms with Crippen LogP contribution in [0.3, 0.4) is 0 Å². The quantitative estimate of drug-likeness (QED) is 0.0325. The van der Waals surface area contributed by atoms with Crippen molar-refractivity contribution in [1.82, 2.24) is 0 Å². The van der Waals surface area contributed by atoms with Gasteiger partial charge in [0.05, 0.1) is 36.0 Å². The van der Waals surface area contributed by atoms with E-state index in [0.717, 1.165) is 24.3 Å². The molecule has 0 fully saturated rings. The smallest absolute Gasteiger partial charge is 0.311 e. The van der Waals surface area contributed by atoms with Crippen LogP contribution in [0.5, 0.6) is 23.0 Å². The van der Waals surface area contributed by atoms with Gasteiger partial charge in [-0.3, -0.25) is 9.59 Å². The Morgan fingerprint density at radius 3 is 1.23 bits per heavy atom. The zero-order valence-corrected chi connectivity index (χ0v) is 31.2. The molecular formula is C43H52N4O6. The van der Waals surface area contributed by atoms with Crippen molar-refractivity contribution in [3.05, 3.63) is 97.1 Å². The topological polar surface area (TPSA) is 121 Å². The molecule has 4 aromatic carbocycles. The van der Waals surface area contributed by atoms with Crippen LogP contribution in [0.1, 0.15) is 91.4 Å². The minimum absolute atomic E-state index is 0.0739. The highest BCUT2D eigenvalue weighted by Gasteiger charge is 2.14. The van der Waals surface area contributed by atoms with Crippen LogP contribution in [0.2, 0.25) is 0 Å². The molecule has 4 aromatic rings. The number of azo groups is 2. The first-order chi connectivity index (χ1) is 25.9. The van der Waals surface area contributed by atoms with E-state index < -0.39 is 0 Å². The number of carbonyl (C=O) groups is 2. The second-order valence-corrected chi connectivity index (χ2v) is 13.0. The summed E-state index contributed by atoms with van der Waals surface area (Å²) in [6.07, 6.45) is 10.1. The average Bonchev–Trinajstić information content (AvgIpc) is 3.17. The van der Waals surface area contributed by atoms with Crippen LogP contribution in [-0.2, 0) is 9.59 Å². The van der Waals surface area contributed by atoms with E-state index in [1.54, 1.807) is 48.5 Å². The fraction of sp³-hybridized carbons (Fsp3) is 0.395. The van der Waals surface area contributed by atoms with Gasteiger partial charge in [0.2, 0.25) is 0 Å². The third-order valence-electron chi connectivity index (χ3n) is 8.26. The lowest BCUT2D eigenvalue weighted by atomic mass is 10.0.